The van der Waals surface area contributed by atoms with Gasteiger partial charge in [0, 0.05) is 22.3 Å². The molecule has 0 saturated heterocycles. The Balaban J connectivity index is 1.62. The number of hydrogen-bond donors (Lipinski definition) is 0. The van der Waals surface area contributed by atoms with Gasteiger partial charge in [-0.1, -0.05) is 121 Å². The Morgan fingerprint density at radius 2 is 0.816 bits per heavy atom. The topological polar surface area (TPSA) is 62.5 Å². The molecule has 178 valence electrons. The Labute approximate surface area is 221 Å². The summed E-state index contributed by atoms with van der Waals surface area (Å²) >= 11 is 0. The van der Waals surface area contributed by atoms with Crippen molar-refractivity contribution in [1.82, 2.24) is 15.0 Å². The highest BCUT2D eigenvalue weighted by atomic mass is 15.0. The van der Waals surface area contributed by atoms with Crippen LogP contribution < -0.4 is 0 Å². The average Bonchev–Trinajstić information content (AvgIpc) is 3.02. The van der Waals surface area contributed by atoms with Crippen molar-refractivity contribution in [1.29, 1.82) is 5.26 Å². The van der Waals surface area contributed by atoms with Gasteiger partial charge in [-0.15, -0.1) is 0 Å². The quantitative estimate of drug-likeness (QED) is 0.247. The van der Waals surface area contributed by atoms with Crippen molar-refractivity contribution in [2.75, 3.05) is 0 Å². The van der Waals surface area contributed by atoms with Crippen molar-refractivity contribution in [3.05, 3.63) is 139 Å². The molecule has 5 aromatic carbocycles. The second-order valence-corrected chi connectivity index (χ2v) is 8.83. The van der Waals surface area contributed by atoms with E-state index < -0.39 is 0 Å². The number of aromatic nitrogens is 3. The number of hydrogen-bond acceptors (Lipinski definition) is 4. The van der Waals surface area contributed by atoms with Crippen molar-refractivity contribution in [3.63, 3.8) is 0 Å². The summed E-state index contributed by atoms with van der Waals surface area (Å²) in [5.41, 5.74) is 6.98. The van der Waals surface area contributed by atoms with Gasteiger partial charge < -0.3 is 0 Å². The molecule has 0 aliphatic carbocycles. The highest BCUT2D eigenvalue weighted by Gasteiger charge is 2.18. The fourth-order valence-electron chi connectivity index (χ4n) is 4.56. The molecule has 38 heavy (non-hydrogen) atoms. The molecule has 0 aliphatic heterocycles. The van der Waals surface area contributed by atoms with Crippen LogP contribution in [0.3, 0.4) is 0 Å². The molecule has 0 unspecified atom stereocenters. The van der Waals surface area contributed by atoms with E-state index in [9.17, 15) is 5.26 Å². The fraction of sp³-hybridized carbons (Fsp3) is 0. The van der Waals surface area contributed by atoms with Crippen molar-refractivity contribution in [3.8, 4) is 62.5 Å². The summed E-state index contributed by atoms with van der Waals surface area (Å²) in [6.07, 6.45) is 0. The zero-order valence-corrected chi connectivity index (χ0v) is 20.5. The Hall–Kier alpha value is -5.40. The maximum Gasteiger partial charge on any atom is 0.164 e. The first-order valence-electron chi connectivity index (χ1n) is 12.4. The van der Waals surface area contributed by atoms with Gasteiger partial charge >= 0.3 is 0 Å². The molecule has 0 aliphatic rings. The van der Waals surface area contributed by atoms with E-state index in [0.717, 1.165) is 38.9 Å². The molecule has 4 heteroatoms. The summed E-state index contributed by atoms with van der Waals surface area (Å²) in [6.45, 7) is 0. The Kier molecular flexibility index (Phi) is 6.24. The summed E-state index contributed by atoms with van der Waals surface area (Å²) < 4.78 is 0. The van der Waals surface area contributed by atoms with Crippen molar-refractivity contribution in [2.45, 2.75) is 0 Å². The van der Waals surface area contributed by atoms with E-state index in [0.29, 0.717) is 23.0 Å². The van der Waals surface area contributed by atoms with Crippen LogP contribution in [0, 0.1) is 11.3 Å². The van der Waals surface area contributed by atoms with Crippen molar-refractivity contribution >= 4 is 0 Å². The van der Waals surface area contributed by atoms with E-state index in [4.69, 9.17) is 15.0 Å². The third kappa shape index (κ3) is 4.57. The Bertz CT molecular complexity index is 1680. The molecule has 0 N–H and O–H groups in total. The summed E-state index contributed by atoms with van der Waals surface area (Å²) in [5.74, 6) is 1.69. The molecule has 0 spiro atoms. The van der Waals surface area contributed by atoms with Gasteiger partial charge in [-0.25, -0.2) is 15.0 Å². The smallest absolute Gasteiger partial charge is 0.164 e. The van der Waals surface area contributed by atoms with E-state index in [1.54, 1.807) is 0 Å². The highest BCUT2D eigenvalue weighted by molar-refractivity contribution is 5.90. The molecule has 1 aromatic heterocycles. The molecule has 0 amide bonds. The number of nitrogens with zero attached hydrogens (tertiary/aromatic N) is 4. The van der Waals surface area contributed by atoms with Gasteiger partial charge in [0.15, 0.2) is 17.5 Å². The van der Waals surface area contributed by atoms with Gasteiger partial charge in [-0.3, -0.25) is 0 Å². The zero-order valence-electron chi connectivity index (χ0n) is 20.5. The molecule has 4 nitrogen and oxygen atoms in total. The third-order valence-electron chi connectivity index (χ3n) is 6.36. The van der Waals surface area contributed by atoms with E-state index in [2.05, 4.69) is 24.3 Å². The molecule has 0 bridgehead atoms. The summed E-state index contributed by atoms with van der Waals surface area (Å²) in [4.78, 5) is 14.6. The van der Waals surface area contributed by atoms with Gasteiger partial charge in [0.05, 0.1) is 11.6 Å². The minimum Gasteiger partial charge on any atom is -0.208 e. The van der Waals surface area contributed by atoms with Crippen LogP contribution in [0.15, 0.2) is 133 Å². The molecular formula is C34H22N4. The van der Waals surface area contributed by atoms with E-state index in [1.807, 2.05) is 115 Å². The summed E-state index contributed by atoms with van der Waals surface area (Å²) in [6, 6.07) is 46.3. The van der Waals surface area contributed by atoms with E-state index >= 15 is 0 Å². The summed E-state index contributed by atoms with van der Waals surface area (Å²) in [7, 11) is 0. The van der Waals surface area contributed by atoms with E-state index in [-0.39, 0.29) is 0 Å². The molecule has 6 rings (SSSR count). The second kappa shape index (κ2) is 10.3. The number of nitriles is 1. The Morgan fingerprint density at radius 1 is 0.421 bits per heavy atom. The predicted molar refractivity (Wildman–Crippen MR) is 152 cm³/mol. The fourth-order valence-corrected chi connectivity index (χ4v) is 4.56. The molecular weight excluding hydrogens is 464 g/mol. The zero-order chi connectivity index (χ0) is 25.7. The summed E-state index contributed by atoms with van der Waals surface area (Å²) in [5, 5.41) is 10.3. The van der Waals surface area contributed by atoms with Crippen LogP contribution in [0.4, 0.5) is 0 Å². The van der Waals surface area contributed by atoms with Crippen molar-refractivity contribution < 1.29 is 0 Å². The highest BCUT2D eigenvalue weighted by Crippen LogP contribution is 2.38. The van der Waals surface area contributed by atoms with Gasteiger partial charge in [0.1, 0.15) is 0 Å². The van der Waals surface area contributed by atoms with Gasteiger partial charge in [-0.2, -0.15) is 5.26 Å². The van der Waals surface area contributed by atoms with Crippen molar-refractivity contribution in [2.24, 2.45) is 0 Å². The maximum absolute atomic E-state index is 10.3. The van der Waals surface area contributed by atoms with E-state index in [1.165, 1.54) is 0 Å². The Morgan fingerprint density at radius 3 is 1.26 bits per heavy atom. The van der Waals surface area contributed by atoms with Crippen LogP contribution in [-0.4, -0.2) is 15.0 Å². The van der Waals surface area contributed by atoms with Crippen LogP contribution in [-0.2, 0) is 0 Å². The SMILES string of the molecule is N#Cc1cc(-c2nc(-c3ccccc3)nc(-c3ccccc3)n2)cc(-c2ccccc2)c1-c1ccccc1. The lowest BCUT2D eigenvalue weighted by atomic mass is 9.89. The monoisotopic (exact) mass is 486 g/mol. The van der Waals surface area contributed by atoms with Crippen LogP contribution in [0.5, 0.6) is 0 Å². The molecule has 0 saturated carbocycles. The lowest BCUT2D eigenvalue weighted by Gasteiger charge is -2.15. The first kappa shape index (κ1) is 23.0. The minimum atomic E-state index is 0.519. The second-order valence-electron chi connectivity index (χ2n) is 8.83. The van der Waals surface area contributed by atoms with Crippen LogP contribution in [0.25, 0.3) is 56.4 Å². The van der Waals surface area contributed by atoms with Crippen LogP contribution >= 0.6 is 0 Å². The normalized spacial score (nSPS) is 10.6. The third-order valence-corrected chi connectivity index (χ3v) is 6.36. The van der Waals surface area contributed by atoms with Gasteiger partial charge in [-0.05, 0) is 28.8 Å². The van der Waals surface area contributed by atoms with Crippen LogP contribution in [0.1, 0.15) is 5.56 Å². The lowest BCUT2D eigenvalue weighted by molar-refractivity contribution is 1.07. The molecule has 0 radical (unpaired) electrons. The largest absolute Gasteiger partial charge is 0.208 e. The minimum absolute atomic E-state index is 0.519. The van der Waals surface area contributed by atoms with Gasteiger partial charge in [0.25, 0.3) is 0 Å². The first-order valence-corrected chi connectivity index (χ1v) is 12.4. The predicted octanol–water partition coefficient (Wildman–Crippen LogP) is 8.08. The standard InChI is InChI=1S/C34H22N4/c35-23-29-21-28(22-30(24-13-5-1-6-14-24)31(29)25-15-7-2-8-16-25)34-37-32(26-17-9-3-10-18-26)36-33(38-34)27-19-11-4-12-20-27/h1-22H. The molecule has 0 fully saturated rings. The van der Waals surface area contributed by atoms with Gasteiger partial charge in [0.2, 0.25) is 0 Å². The maximum atomic E-state index is 10.3. The number of benzene rings is 5. The average molecular weight is 487 g/mol. The number of rotatable bonds is 5. The molecule has 0 atom stereocenters. The molecule has 6 aromatic rings. The molecule has 1 heterocycles. The van der Waals surface area contributed by atoms with Crippen LogP contribution in [0.2, 0.25) is 0 Å². The lowest BCUT2D eigenvalue weighted by Crippen LogP contribution is -2.01. The first-order chi connectivity index (χ1) is 18.8.